The lowest BCUT2D eigenvalue weighted by Crippen LogP contribution is -2.59. The number of piperidine rings is 1. The molecule has 1 saturated heterocycles. The number of fused-ring (bicyclic) bond motifs is 1. The van der Waals surface area contributed by atoms with Gasteiger partial charge in [-0.2, -0.15) is 0 Å². The highest BCUT2D eigenvalue weighted by Crippen LogP contribution is 2.55. The predicted molar refractivity (Wildman–Crippen MR) is 102 cm³/mol. The largest absolute Gasteiger partial charge is 0.355 e. The molecule has 1 aromatic carbocycles. The van der Waals surface area contributed by atoms with Gasteiger partial charge in [-0.1, -0.05) is 18.9 Å². The maximum absolute atomic E-state index is 4.11. The van der Waals surface area contributed by atoms with Gasteiger partial charge in [0.2, 0.25) is 0 Å². The average molecular weight is 333 g/mol. The first-order chi connectivity index (χ1) is 12.3. The minimum absolute atomic E-state index is 0.430. The maximum Gasteiger partial charge on any atom is 0.0415 e. The number of aromatic nitrogens is 1. The topological polar surface area (TPSA) is 28.2 Å². The van der Waals surface area contributed by atoms with E-state index < -0.39 is 0 Å². The number of nitrogens with zero attached hydrogens (tertiary/aromatic N) is 2. The van der Waals surface area contributed by atoms with E-state index in [0.29, 0.717) is 5.41 Å². The SMILES string of the molecule is CN1CCC23CCCC[C@H]2[C@H]1Cc1ccc(Nc2ccncc2)cc13. The maximum atomic E-state index is 4.11. The van der Waals surface area contributed by atoms with Gasteiger partial charge < -0.3 is 10.2 Å². The molecule has 1 aliphatic heterocycles. The van der Waals surface area contributed by atoms with Gasteiger partial charge in [-0.05, 0) is 80.6 Å². The van der Waals surface area contributed by atoms with Crippen molar-refractivity contribution in [1.82, 2.24) is 9.88 Å². The summed E-state index contributed by atoms with van der Waals surface area (Å²) in [5, 5.41) is 3.58. The molecule has 0 spiro atoms. The molecule has 0 amide bonds. The van der Waals surface area contributed by atoms with Crippen LogP contribution in [0.25, 0.3) is 0 Å². The third-order valence-electron chi connectivity index (χ3n) is 7.08. The molecule has 2 heterocycles. The summed E-state index contributed by atoms with van der Waals surface area (Å²) in [4.78, 5) is 6.75. The van der Waals surface area contributed by atoms with E-state index in [9.17, 15) is 0 Å². The number of rotatable bonds is 2. The quantitative estimate of drug-likeness (QED) is 0.876. The Balaban J connectivity index is 1.56. The van der Waals surface area contributed by atoms with E-state index in [4.69, 9.17) is 0 Å². The molecule has 3 atom stereocenters. The van der Waals surface area contributed by atoms with Crippen molar-refractivity contribution in [3.63, 3.8) is 0 Å². The van der Waals surface area contributed by atoms with Crippen molar-refractivity contribution in [3.8, 4) is 0 Å². The second-order valence-electron chi connectivity index (χ2n) is 8.24. The Morgan fingerprint density at radius 1 is 1.08 bits per heavy atom. The minimum atomic E-state index is 0.430. The molecule has 0 radical (unpaired) electrons. The van der Waals surface area contributed by atoms with Crippen LogP contribution in [0, 0.1) is 5.92 Å². The predicted octanol–water partition coefficient (Wildman–Crippen LogP) is 4.51. The molecule has 2 fully saturated rings. The molecular weight excluding hydrogens is 306 g/mol. The van der Waals surface area contributed by atoms with Crippen LogP contribution in [0.15, 0.2) is 42.7 Å². The summed E-state index contributed by atoms with van der Waals surface area (Å²) in [5.74, 6) is 0.851. The van der Waals surface area contributed by atoms with E-state index in [1.807, 2.05) is 24.5 Å². The molecule has 3 aliphatic rings. The van der Waals surface area contributed by atoms with E-state index in [0.717, 1.165) is 17.6 Å². The Morgan fingerprint density at radius 2 is 1.96 bits per heavy atom. The smallest absolute Gasteiger partial charge is 0.0415 e. The van der Waals surface area contributed by atoms with Gasteiger partial charge in [-0.3, -0.25) is 4.98 Å². The number of likely N-dealkylation sites (tertiary alicyclic amines) is 1. The van der Waals surface area contributed by atoms with Gasteiger partial charge in [0.1, 0.15) is 0 Å². The minimum Gasteiger partial charge on any atom is -0.355 e. The molecule has 5 rings (SSSR count). The molecule has 25 heavy (non-hydrogen) atoms. The van der Waals surface area contributed by atoms with Gasteiger partial charge in [0, 0.05) is 35.2 Å². The molecule has 1 saturated carbocycles. The highest BCUT2D eigenvalue weighted by molar-refractivity contribution is 5.62. The summed E-state index contributed by atoms with van der Waals surface area (Å²) in [6.45, 7) is 1.25. The lowest BCUT2D eigenvalue weighted by Gasteiger charge is -2.58. The highest BCUT2D eigenvalue weighted by Gasteiger charge is 2.52. The van der Waals surface area contributed by atoms with Crippen LogP contribution in [0.4, 0.5) is 11.4 Å². The van der Waals surface area contributed by atoms with E-state index >= 15 is 0 Å². The third-order valence-corrected chi connectivity index (χ3v) is 7.08. The van der Waals surface area contributed by atoms with Crippen LogP contribution < -0.4 is 5.32 Å². The molecule has 1 N–H and O–H groups in total. The van der Waals surface area contributed by atoms with Gasteiger partial charge in [-0.15, -0.1) is 0 Å². The van der Waals surface area contributed by atoms with E-state index in [1.54, 1.807) is 11.1 Å². The molecule has 1 aromatic heterocycles. The molecule has 3 nitrogen and oxygen atoms in total. The summed E-state index contributed by atoms with van der Waals surface area (Å²) in [5.41, 5.74) is 6.01. The van der Waals surface area contributed by atoms with E-state index in [2.05, 4.69) is 40.4 Å². The summed E-state index contributed by atoms with van der Waals surface area (Å²) in [7, 11) is 2.34. The first kappa shape index (κ1) is 15.4. The molecule has 2 bridgehead atoms. The summed E-state index contributed by atoms with van der Waals surface area (Å²) in [6, 6.07) is 11.9. The molecule has 2 aliphatic carbocycles. The number of nitrogens with one attached hydrogen (secondary N) is 1. The van der Waals surface area contributed by atoms with Crippen LogP contribution in [0.5, 0.6) is 0 Å². The molecule has 3 heteroatoms. The van der Waals surface area contributed by atoms with Crippen molar-refractivity contribution >= 4 is 11.4 Å². The third kappa shape index (κ3) is 2.40. The van der Waals surface area contributed by atoms with Crippen LogP contribution in [0.3, 0.4) is 0 Å². The van der Waals surface area contributed by atoms with Crippen LogP contribution in [0.2, 0.25) is 0 Å². The average Bonchev–Trinajstić information content (AvgIpc) is 2.66. The molecular formula is C22H27N3. The summed E-state index contributed by atoms with van der Waals surface area (Å²) in [6.07, 6.45) is 11.9. The zero-order chi connectivity index (χ0) is 16.9. The Labute approximate surface area is 150 Å². The second kappa shape index (κ2) is 5.84. The van der Waals surface area contributed by atoms with Gasteiger partial charge in [0.05, 0.1) is 0 Å². The van der Waals surface area contributed by atoms with Crippen LogP contribution in [-0.2, 0) is 11.8 Å². The molecule has 130 valence electrons. The Bertz CT molecular complexity index is 772. The van der Waals surface area contributed by atoms with Crippen molar-refractivity contribution in [2.75, 3.05) is 18.9 Å². The highest BCUT2D eigenvalue weighted by atomic mass is 15.1. The van der Waals surface area contributed by atoms with Crippen molar-refractivity contribution in [2.45, 2.75) is 50.0 Å². The normalized spacial score (nSPS) is 31.1. The van der Waals surface area contributed by atoms with Crippen molar-refractivity contribution in [3.05, 3.63) is 53.9 Å². The van der Waals surface area contributed by atoms with Gasteiger partial charge >= 0.3 is 0 Å². The number of hydrogen-bond acceptors (Lipinski definition) is 3. The van der Waals surface area contributed by atoms with Crippen LogP contribution in [0.1, 0.15) is 43.2 Å². The fourth-order valence-corrected chi connectivity index (χ4v) is 5.88. The first-order valence-electron chi connectivity index (χ1n) is 9.77. The lowest BCUT2D eigenvalue weighted by atomic mass is 9.52. The van der Waals surface area contributed by atoms with Gasteiger partial charge in [0.25, 0.3) is 0 Å². The van der Waals surface area contributed by atoms with Crippen LogP contribution in [-0.4, -0.2) is 29.5 Å². The van der Waals surface area contributed by atoms with Crippen molar-refractivity contribution in [1.29, 1.82) is 0 Å². The summed E-state index contributed by atoms with van der Waals surface area (Å²) < 4.78 is 0. The fourth-order valence-electron chi connectivity index (χ4n) is 5.88. The van der Waals surface area contributed by atoms with Gasteiger partial charge in [0.15, 0.2) is 0 Å². The number of anilines is 2. The first-order valence-corrected chi connectivity index (χ1v) is 9.77. The van der Waals surface area contributed by atoms with Gasteiger partial charge in [-0.25, -0.2) is 0 Å². The number of benzene rings is 1. The second-order valence-corrected chi connectivity index (χ2v) is 8.24. The number of hydrogen-bond donors (Lipinski definition) is 1. The van der Waals surface area contributed by atoms with Crippen LogP contribution >= 0.6 is 0 Å². The monoisotopic (exact) mass is 333 g/mol. The van der Waals surface area contributed by atoms with E-state index in [-0.39, 0.29) is 0 Å². The summed E-state index contributed by atoms with van der Waals surface area (Å²) >= 11 is 0. The Hall–Kier alpha value is -1.87. The molecule has 1 unspecified atom stereocenters. The molecule has 2 aromatic rings. The Morgan fingerprint density at radius 3 is 2.84 bits per heavy atom. The van der Waals surface area contributed by atoms with E-state index in [1.165, 1.54) is 50.8 Å². The van der Waals surface area contributed by atoms with Crippen molar-refractivity contribution < 1.29 is 0 Å². The fraction of sp³-hybridized carbons (Fsp3) is 0.500. The number of likely N-dealkylation sites (N-methyl/N-ethyl adjacent to an activating group) is 1. The Kier molecular flexibility index (Phi) is 3.60. The standard InChI is InChI=1S/C22H27N3/c1-25-13-10-22-9-3-2-4-19(22)21(25)14-16-5-6-18(15-20(16)22)24-17-7-11-23-12-8-17/h5-8,11-12,15,19,21H,2-4,9-10,13-14H2,1H3,(H,23,24)/t19-,21+,22?/m0/s1. The number of pyridine rings is 1. The zero-order valence-corrected chi connectivity index (χ0v) is 15.0. The van der Waals surface area contributed by atoms with Crippen molar-refractivity contribution in [2.24, 2.45) is 5.92 Å². The zero-order valence-electron chi connectivity index (χ0n) is 15.0. The lowest BCUT2D eigenvalue weighted by molar-refractivity contribution is 0.00290.